The van der Waals surface area contributed by atoms with Gasteiger partial charge >= 0.3 is 6.09 Å². The van der Waals surface area contributed by atoms with Crippen LogP contribution < -0.4 is 10.6 Å². The van der Waals surface area contributed by atoms with Crippen LogP contribution in [-0.2, 0) is 17.8 Å². The van der Waals surface area contributed by atoms with Crippen LogP contribution >= 0.6 is 0 Å². The Hall–Kier alpha value is -5.24. The second kappa shape index (κ2) is 11.2. The Labute approximate surface area is 267 Å². The van der Waals surface area contributed by atoms with Crippen molar-refractivity contribution < 1.29 is 23.5 Å². The van der Waals surface area contributed by atoms with Gasteiger partial charge in [0.05, 0.1) is 42.3 Å². The summed E-state index contributed by atoms with van der Waals surface area (Å²) in [5, 5.41) is 14.7. The molecule has 0 radical (unpaired) electrons. The SMILES string of the molecule is O=C(O)N[C@H]1CCc2ccn3c2C1C(=O)C[C@H](c1ncc(-c2ccc(-c4ncc(-c5cnc([C@@H]6CC(F)(F)CN6)[nH]5)cn4)cc2)[nH]1)C3. The zero-order valence-corrected chi connectivity index (χ0v) is 25.1. The molecule has 3 aliphatic rings. The number of nitrogens with zero attached hydrogens (tertiary/aromatic N) is 5. The lowest BCUT2D eigenvalue weighted by atomic mass is 9.79. The molecule has 1 aliphatic carbocycles. The van der Waals surface area contributed by atoms with E-state index in [0.29, 0.717) is 41.7 Å². The lowest BCUT2D eigenvalue weighted by molar-refractivity contribution is -0.121. The van der Waals surface area contributed by atoms with E-state index in [1.807, 2.05) is 36.5 Å². The Balaban J connectivity index is 0.964. The molecular formula is C33H31F2N9O3. The smallest absolute Gasteiger partial charge is 0.404 e. The van der Waals surface area contributed by atoms with E-state index in [1.165, 1.54) is 0 Å². The maximum absolute atomic E-state index is 13.6. The van der Waals surface area contributed by atoms with E-state index < -0.39 is 30.0 Å². The topological polar surface area (TPSA) is 166 Å². The third-order valence-corrected chi connectivity index (χ3v) is 9.47. The third kappa shape index (κ3) is 5.47. The number of aromatic amines is 2. The number of imidazole rings is 2. The number of carboxylic acid groups (broad SMARTS) is 1. The first-order chi connectivity index (χ1) is 22.7. The molecule has 4 atom stereocenters. The van der Waals surface area contributed by atoms with Crippen LogP contribution in [0.15, 0.2) is 61.3 Å². The summed E-state index contributed by atoms with van der Waals surface area (Å²) in [7, 11) is 0. The molecular weight excluding hydrogens is 608 g/mol. The molecule has 0 saturated carbocycles. The van der Waals surface area contributed by atoms with Crippen molar-refractivity contribution in [3.8, 4) is 33.9 Å². The molecule has 6 heterocycles. The summed E-state index contributed by atoms with van der Waals surface area (Å²) < 4.78 is 29.3. The van der Waals surface area contributed by atoms with Crippen molar-refractivity contribution in [2.45, 2.75) is 62.1 Å². The van der Waals surface area contributed by atoms with E-state index in [9.17, 15) is 23.5 Å². The number of ketones is 1. The number of nitrogens with one attached hydrogen (secondary N) is 4. The van der Waals surface area contributed by atoms with E-state index in [-0.39, 0.29) is 31.1 Å². The number of aryl methyl sites for hydroxylation is 1. The van der Waals surface area contributed by atoms with Gasteiger partial charge in [-0.2, -0.15) is 0 Å². The number of H-pyrrole nitrogens is 2. The minimum absolute atomic E-state index is 0.0175. The standard InChI is InChI=1S/C33H31F2N9O3/c34-33(35)10-23(40-16-33)31-39-14-25(42-31)21-11-36-29(37-12-21)19-3-1-17(2-4-19)24-13-38-30(41-24)20-9-26(45)27-22(43-32(46)47)6-5-18-7-8-44(15-20)28(18)27/h1-4,7-8,11-14,20,22-23,27,40,43H,5-6,9-10,15-16H2,(H,38,41)(H,39,42)(H,46,47)/t20-,22-,23-,27?/m0/s1. The average Bonchev–Trinajstić information content (AvgIpc) is 3.86. The molecule has 1 saturated heterocycles. The van der Waals surface area contributed by atoms with Crippen molar-refractivity contribution in [1.29, 1.82) is 0 Å². The van der Waals surface area contributed by atoms with Crippen molar-refractivity contribution in [2.24, 2.45) is 0 Å². The van der Waals surface area contributed by atoms with Crippen molar-refractivity contribution in [1.82, 2.24) is 45.1 Å². The van der Waals surface area contributed by atoms with Crippen LogP contribution in [0.2, 0.25) is 0 Å². The second-order valence-corrected chi connectivity index (χ2v) is 12.5. The second-order valence-electron chi connectivity index (χ2n) is 12.5. The first-order valence-corrected chi connectivity index (χ1v) is 15.5. The van der Waals surface area contributed by atoms with Gasteiger partial charge in [0.2, 0.25) is 0 Å². The summed E-state index contributed by atoms with van der Waals surface area (Å²) in [6, 6.07) is 8.81. The predicted octanol–water partition coefficient (Wildman–Crippen LogP) is 4.82. The van der Waals surface area contributed by atoms with E-state index in [2.05, 4.69) is 45.1 Å². The lowest BCUT2D eigenvalue weighted by Gasteiger charge is -2.31. The van der Waals surface area contributed by atoms with Crippen molar-refractivity contribution >= 4 is 11.9 Å². The van der Waals surface area contributed by atoms with Crippen LogP contribution in [0.4, 0.5) is 13.6 Å². The molecule has 1 amide bonds. The summed E-state index contributed by atoms with van der Waals surface area (Å²) in [4.78, 5) is 49.5. The molecule has 4 aromatic heterocycles. The van der Waals surface area contributed by atoms with Crippen LogP contribution in [0.25, 0.3) is 33.9 Å². The number of rotatable bonds is 6. The zero-order valence-electron chi connectivity index (χ0n) is 25.1. The number of carbonyl (C=O) groups excluding carboxylic acids is 1. The summed E-state index contributed by atoms with van der Waals surface area (Å²) in [5.41, 5.74) is 5.90. The quantitative estimate of drug-likeness (QED) is 0.176. The first-order valence-electron chi connectivity index (χ1n) is 15.5. The number of amides is 1. The molecule has 8 rings (SSSR count). The van der Waals surface area contributed by atoms with Gasteiger partial charge in [0, 0.05) is 66.8 Å². The fourth-order valence-electron chi connectivity index (χ4n) is 7.17. The first kappa shape index (κ1) is 29.2. The fraction of sp³-hybridized carbons (Fsp3) is 0.333. The van der Waals surface area contributed by atoms with Gasteiger partial charge in [-0.05, 0) is 30.0 Å². The molecule has 47 heavy (non-hydrogen) atoms. The monoisotopic (exact) mass is 639 g/mol. The summed E-state index contributed by atoms with van der Waals surface area (Å²) in [6.45, 7) is 0.212. The van der Waals surface area contributed by atoms with Gasteiger partial charge in [-0.15, -0.1) is 0 Å². The van der Waals surface area contributed by atoms with E-state index >= 15 is 0 Å². The average molecular weight is 640 g/mol. The Morgan fingerprint density at radius 2 is 1.64 bits per heavy atom. The molecule has 14 heteroatoms. The molecule has 12 nitrogen and oxygen atoms in total. The number of benzene rings is 1. The molecule has 0 spiro atoms. The van der Waals surface area contributed by atoms with E-state index in [4.69, 9.17) is 0 Å². The Bertz CT molecular complexity index is 1970. The summed E-state index contributed by atoms with van der Waals surface area (Å²) in [5.74, 6) is -1.71. The minimum Gasteiger partial charge on any atom is -0.465 e. The maximum atomic E-state index is 13.6. The Kier molecular flexibility index (Phi) is 6.97. The van der Waals surface area contributed by atoms with Crippen LogP contribution in [0.1, 0.15) is 60.0 Å². The Morgan fingerprint density at radius 3 is 2.36 bits per heavy atom. The normalized spacial score (nSPS) is 23.3. The number of hydrogen-bond donors (Lipinski definition) is 5. The maximum Gasteiger partial charge on any atom is 0.404 e. The number of halogens is 2. The van der Waals surface area contributed by atoms with Gasteiger partial charge in [0.1, 0.15) is 17.4 Å². The molecule has 1 unspecified atom stereocenters. The molecule has 1 fully saturated rings. The summed E-state index contributed by atoms with van der Waals surface area (Å²) >= 11 is 0. The lowest BCUT2D eigenvalue weighted by Crippen LogP contribution is -2.44. The van der Waals surface area contributed by atoms with Gasteiger partial charge < -0.3 is 30.3 Å². The molecule has 240 valence electrons. The van der Waals surface area contributed by atoms with Gasteiger partial charge in [-0.25, -0.2) is 33.5 Å². The van der Waals surface area contributed by atoms with Crippen LogP contribution in [0.3, 0.4) is 0 Å². The predicted molar refractivity (Wildman–Crippen MR) is 166 cm³/mol. The molecule has 0 bridgehead atoms. The van der Waals surface area contributed by atoms with E-state index in [0.717, 1.165) is 34.5 Å². The van der Waals surface area contributed by atoms with Crippen molar-refractivity contribution in [3.05, 3.63) is 84.2 Å². The largest absolute Gasteiger partial charge is 0.465 e. The fourth-order valence-corrected chi connectivity index (χ4v) is 7.17. The number of hydrogen-bond acceptors (Lipinski definition) is 7. The molecule has 5 aromatic rings. The van der Waals surface area contributed by atoms with Crippen LogP contribution in [0.5, 0.6) is 0 Å². The van der Waals surface area contributed by atoms with Crippen LogP contribution in [-0.4, -0.2) is 70.0 Å². The number of alkyl halides is 2. The van der Waals surface area contributed by atoms with Crippen molar-refractivity contribution in [2.75, 3.05) is 6.54 Å². The van der Waals surface area contributed by atoms with Gasteiger partial charge in [0.15, 0.2) is 5.82 Å². The van der Waals surface area contributed by atoms with Crippen LogP contribution in [0, 0.1) is 0 Å². The highest BCUT2D eigenvalue weighted by Gasteiger charge is 2.42. The molecule has 2 aliphatic heterocycles. The highest BCUT2D eigenvalue weighted by Crippen LogP contribution is 2.40. The number of carbonyl (C=O) groups is 2. The molecule has 1 aromatic carbocycles. The summed E-state index contributed by atoms with van der Waals surface area (Å²) in [6.07, 6.45) is 8.86. The van der Waals surface area contributed by atoms with Gasteiger partial charge in [-0.3, -0.25) is 4.79 Å². The number of aromatic nitrogens is 7. The number of Topliss-reactive ketones (excluding diaryl/α,β-unsaturated/α-hetero) is 1. The Morgan fingerprint density at radius 1 is 0.936 bits per heavy atom. The highest BCUT2D eigenvalue weighted by molar-refractivity contribution is 5.88. The van der Waals surface area contributed by atoms with Crippen molar-refractivity contribution in [3.63, 3.8) is 0 Å². The third-order valence-electron chi connectivity index (χ3n) is 9.47. The highest BCUT2D eigenvalue weighted by atomic mass is 19.3. The van der Waals surface area contributed by atoms with E-state index in [1.54, 1.807) is 24.8 Å². The van der Waals surface area contributed by atoms with Gasteiger partial charge in [-0.1, -0.05) is 24.3 Å². The van der Waals surface area contributed by atoms with Gasteiger partial charge in [0.25, 0.3) is 5.92 Å². The zero-order chi connectivity index (χ0) is 32.3. The molecule has 5 N–H and O–H groups in total. The minimum atomic E-state index is -2.74.